The lowest BCUT2D eigenvalue weighted by Gasteiger charge is -2.29. The van der Waals surface area contributed by atoms with E-state index in [1.54, 1.807) is 12.1 Å². The van der Waals surface area contributed by atoms with Gasteiger partial charge in [0.2, 0.25) is 0 Å². The fourth-order valence-electron chi connectivity index (χ4n) is 4.66. The number of benzene rings is 2. The Balaban J connectivity index is 1.45. The predicted octanol–water partition coefficient (Wildman–Crippen LogP) is 6.12. The minimum absolute atomic E-state index is 0.257. The molecule has 3 atom stereocenters. The number of amides is 1. The van der Waals surface area contributed by atoms with Gasteiger partial charge in [0.05, 0.1) is 0 Å². The van der Waals surface area contributed by atoms with Crippen molar-refractivity contribution < 1.29 is 14.6 Å². The van der Waals surface area contributed by atoms with Crippen LogP contribution >= 0.6 is 0 Å². The van der Waals surface area contributed by atoms with E-state index >= 15 is 0 Å². The number of hydrogen-bond acceptors (Lipinski definition) is 3. The molecule has 31 heavy (non-hydrogen) atoms. The number of hydrogen-bond donors (Lipinski definition) is 2. The van der Waals surface area contributed by atoms with Crippen molar-refractivity contribution in [2.75, 3.05) is 5.32 Å². The minimum Gasteiger partial charge on any atom is -0.489 e. The maximum Gasteiger partial charge on any atom is 0.253 e. The van der Waals surface area contributed by atoms with E-state index < -0.39 is 6.10 Å². The third kappa shape index (κ3) is 6.70. The Morgan fingerprint density at radius 2 is 2.00 bits per heavy atom. The Bertz CT molecular complexity index is 833. The molecule has 0 heterocycles. The first kappa shape index (κ1) is 23.1. The zero-order chi connectivity index (χ0) is 22.1. The molecule has 1 fully saturated rings. The van der Waals surface area contributed by atoms with E-state index in [9.17, 15) is 9.90 Å². The molecule has 0 aliphatic heterocycles. The number of rotatable bonds is 11. The largest absolute Gasteiger partial charge is 0.489 e. The fraction of sp³-hybridized carbons (Fsp3) is 0.444. The number of aliphatic hydroxyl groups is 1. The molecule has 4 nitrogen and oxygen atoms in total. The molecular formula is C27H35NO3. The molecule has 0 spiro atoms. The summed E-state index contributed by atoms with van der Waals surface area (Å²) < 4.78 is 5.78. The Hall–Kier alpha value is -2.59. The molecule has 166 valence electrons. The van der Waals surface area contributed by atoms with Crippen LogP contribution in [-0.4, -0.2) is 17.1 Å². The van der Waals surface area contributed by atoms with Gasteiger partial charge in [-0.2, -0.15) is 0 Å². The molecule has 0 radical (unpaired) electrons. The summed E-state index contributed by atoms with van der Waals surface area (Å²) in [6.45, 7) is 6.59. The monoisotopic (exact) mass is 421 g/mol. The van der Waals surface area contributed by atoms with Crippen molar-refractivity contribution in [3.05, 3.63) is 72.8 Å². The molecule has 4 heteroatoms. The van der Waals surface area contributed by atoms with E-state index in [1.807, 2.05) is 48.5 Å². The van der Waals surface area contributed by atoms with Crippen molar-refractivity contribution >= 4 is 11.6 Å². The first-order valence-corrected chi connectivity index (χ1v) is 11.4. The Labute approximate surface area is 186 Å². The fourth-order valence-corrected chi connectivity index (χ4v) is 4.66. The van der Waals surface area contributed by atoms with Crippen molar-refractivity contribution in [1.29, 1.82) is 0 Å². The summed E-state index contributed by atoms with van der Waals surface area (Å²) >= 11 is 0. The van der Waals surface area contributed by atoms with Gasteiger partial charge in [-0.25, -0.2) is 0 Å². The predicted molar refractivity (Wildman–Crippen MR) is 126 cm³/mol. The van der Waals surface area contributed by atoms with Crippen LogP contribution in [0.4, 0.5) is 5.69 Å². The van der Waals surface area contributed by atoms with Gasteiger partial charge in [-0.3, -0.25) is 4.79 Å². The van der Waals surface area contributed by atoms with Crippen LogP contribution in [0.1, 0.15) is 57.4 Å². The van der Waals surface area contributed by atoms with Crippen LogP contribution in [0.5, 0.6) is 5.75 Å². The molecule has 1 aliphatic rings. The van der Waals surface area contributed by atoms with Gasteiger partial charge in [-0.05, 0) is 79.7 Å². The second-order valence-electron chi connectivity index (χ2n) is 8.83. The van der Waals surface area contributed by atoms with Crippen LogP contribution in [0.15, 0.2) is 67.3 Å². The lowest BCUT2D eigenvalue weighted by atomic mass is 9.77. The van der Waals surface area contributed by atoms with Crippen molar-refractivity contribution in [3.63, 3.8) is 0 Å². The van der Waals surface area contributed by atoms with Gasteiger partial charge in [-0.15, -0.1) is 6.58 Å². The highest BCUT2D eigenvalue weighted by Gasteiger charge is 2.37. The molecular weight excluding hydrogens is 386 g/mol. The highest BCUT2D eigenvalue weighted by molar-refractivity contribution is 5.93. The highest BCUT2D eigenvalue weighted by Crippen LogP contribution is 2.48. The van der Waals surface area contributed by atoms with Crippen LogP contribution in [0, 0.1) is 11.3 Å². The van der Waals surface area contributed by atoms with E-state index in [4.69, 9.17) is 4.74 Å². The SMILES string of the molecule is C=CCC1CCC(CC)(CCC(O)C(=O)Nc2ccc(OCc3ccccc3)cc2)C1. The molecule has 2 aromatic rings. The van der Waals surface area contributed by atoms with E-state index in [1.165, 1.54) is 19.3 Å². The summed E-state index contributed by atoms with van der Waals surface area (Å²) in [5, 5.41) is 13.3. The van der Waals surface area contributed by atoms with Gasteiger partial charge in [0, 0.05) is 5.69 Å². The molecule has 2 N–H and O–H groups in total. The molecule has 2 aromatic carbocycles. The summed E-state index contributed by atoms with van der Waals surface area (Å²) in [7, 11) is 0. The molecule has 0 aromatic heterocycles. The second-order valence-corrected chi connectivity index (χ2v) is 8.83. The van der Waals surface area contributed by atoms with E-state index in [2.05, 4.69) is 18.8 Å². The summed E-state index contributed by atoms with van der Waals surface area (Å²) in [5.41, 5.74) is 2.02. The number of carbonyl (C=O) groups is 1. The molecule has 1 saturated carbocycles. The molecule has 0 saturated heterocycles. The number of anilines is 1. The van der Waals surface area contributed by atoms with Gasteiger partial charge in [0.15, 0.2) is 0 Å². The molecule has 1 aliphatic carbocycles. The van der Waals surface area contributed by atoms with Crippen molar-refractivity contribution in [2.45, 2.75) is 64.6 Å². The van der Waals surface area contributed by atoms with Crippen molar-refractivity contribution in [2.24, 2.45) is 11.3 Å². The zero-order valence-corrected chi connectivity index (χ0v) is 18.6. The van der Waals surface area contributed by atoms with Crippen LogP contribution < -0.4 is 10.1 Å². The second kappa shape index (κ2) is 11.1. The third-order valence-electron chi connectivity index (χ3n) is 6.68. The first-order valence-electron chi connectivity index (χ1n) is 11.4. The third-order valence-corrected chi connectivity index (χ3v) is 6.68. The normalized spacial score (nSPS) is 21.4. The van der Waals surface area contributed by atoms with Gasteiger partial charge < -0.3 is 15.2 Å². The lowest BCUT2D eigenvalue weighted by molar-refractivity contribution is -0.124. The standard InChI is InChI=1S/C27H35NO3/c1-3-8-21-15-17-27(4-2,19-21)18-16-25(29)26(30)28-23-11-13-24(14-12-23)31-20-22-9-6-5-7-10-22/h3,5-7,9-14,21,25,29H,1,4,8,15-20H2,2H3,(H,28,30). The highest BCUT2D eigenvalue weighted by atomic mass is 16.5. The van der Waals surface area contributed by atoms with Crippen molar-refractivity contribution in [1.82, 2.24) is 0 Å². The first-order chi connectivity index (χ1) is 15.0. The molecule has 1 amide bonds. The molecule has 3 rings (SSSR count). The van der Waals surface area contributed by atoms with Crippen LogP contribution in [0.25, 0.3) is 0 Å². The summed E-state index contributed by atoms with van der Waals surface area (Å²) in [6.07, 6.45) is 8.15. The zero-order valence-electron chi connectivity index (χ0n) is 18.6. The average molecular weight is 422 g/mol. The van der Waals surface area contributed by atoms with Gasteiger partial charge >= 0.3 is 0 Å². The van der Waals surface area contributed by atoms with Gasteiger partial charge in [0.1, 0.15) is 18.5 Å². The van der Waals surface area contributed by atoms with E-state index in [0.29, 0.717) is 24.6 Å². The number of ether oxygens (including phenoxy) is 1. The minimum atomic E-state index is -0.990. The Kier molecular flexibility index (Phi) is 8.30. The van der Waals surface area contributed by atoms with Crippen LogP contribution in [0.2, 0.25) is 0 Å². The van der Waals surface area contributed by atoms with Gasteiger partial charge in [0.25, 0.3) is 5.91 Å². The summed E-state index contributed by atoms with van der Waals surface area (Å²) in [6, 6.07) is 17.2. The average Bonchev–Trinajstić information content (AvgIpc) is 3.21. The quantitative estimate of drug-likeness (QED) is 0.430. The molecule has 3 unspecified atom stereocenters. The summed E-state index contributed by atoms with van der Waals surface area (Å²) in [5.74, 6) is 1.10. The van der Waals surface area contributed by atoms with Gasteiger partial charge in [-0.1, -0.05) is 49.8 Å². The Morgan fingerprint density at radius 1 is 1.26 bits per heavy atom. The van der Waals surface area contributed by atoms with Crippen molar-refractivity contribution in [3.8, 4) is 5.75 Å². The topological polar surface area (TPSA) is 58.6 Å². The summed E-state index contributed by atoms with van der Waals surface area (Å²) in [4.78, 5) is 12.5. The maximum absolute atomic E-state index is 12.5. The Morgan fingerprint density at radius 3 is 2.68 bits per heavy atom. The van der Waals surface area contributed by atoms with Crippen LogP contribution in [0.3, 0.4) is 0 Å². The lowest BCUT2D eigenvalue weighted by Crippen LogP contribution is -2.29. The number of aliphatic hydroxyl groups excluding tert-OH is 1. The smallest absolute Gasteiger partial charge is 0.253 e. The van der Waals surface area contributed by atoms with E-state index in [-0.39, 0.29) is 11.3 Å². The number of nitrogens with one attached hydrogen (secondary N) is 1. The number of allylic oxidation sites excluding steroid dienone is 1. The van der Waals surface area contributed by atoms with E-state index in [0.717, 1.165) is 30.6 Å². The maximum atomic E-state index is 12.5. The molecule has 0 bridgehead atoms. The number of carbonyl (C=O) groups excluding carboxylic acids is 1. The van der Waals surface area contributed by atoms with Crippen LogP contribution in [-0.2, 0) is 11.4 Å².